The van der Waals surface area contributed by atoms with Crippen molar-refractivity contribution in [2.75, 3.05) is 7.05 Å². The van der Waals surface area contributed by atoms with Gasteiger partial charge in [0, 0.05) is 17.6 Å². The highest BCUT2D eigenvalue weighted by Crippen LogP contribution is 2.30. The molecule has 0 saturated carbocycles. The van der Waals surface area contributed by atoms with E-state index < -0.39 is 0 Å². The minimum absolute atomic E-state index is 0.300. The van der Waals surface area contributed by atoms with Gasteiger partial charge in [-0.1, -0.05) is 18.2 Å². The molecule has 2 aromatic heterocycles. The van der Waals surface area contributed by atoms with Crippen molar-refractivity contribution in [1.29, 1.82) is 0 Å². The van der Waals surface area contributed by atoms with Gasteiger partial charge in [0.2, 0.25) is 0 Å². The van der Waals surface area contributed by atoms with E-state index in [2.05, 4.69) is 33.3 Å². The van der Waals surface area contributed by atoms with Crippen molar-refractivity contribution in [3.05, 3.63) is 54.5 Å². The largest absolute Gasteiger partial charge is 0.313 e. The lowest BCUT2D eigenvalue weighted by molar-refractivity contribution is 0.649. The molecule has 106 valence electrons. The Hall–Kier alpha value is -1.98. The Bertz CT molecular complexity index is 755. The first kappa shape index (κ1) is 14.0. The van der Waals surface area contributed by atoms with Crippen LogP contribution in [0.5, 0.6) is 0 Å². The smallest absolute Gasteiger partial charge is 0.117 e. The van der Waals surface area contributed by atoms with Crippen LogP contribution >= 0.6 is 11.8 Å². The van der Waals surface area contributed by atoms with E-state index in [1.165, 1.54) is 5.56 Å². The van der Waals surface area contributed by atoms with Gasteiger partial charge in [0.1, 0.15) is 16.4 Å². The van der Waals surface area contributed by atoms with Crippen LogP contribution in [0.4, 0.5) is 0 Å². The van der Waals surface area contributed by atoms with Gasteiger partial charge >= 0.3 is 0 Å². The molecule has 0 amide bonds. The number of pyridine rings is 1. The molecule has 1 unspecified atom stereocenters. The Morgan fingerprint density at radius 2 is 1.95 bits per heavy atom. The van der Waals surface area contributed by atoms with Crippen LogP contribution in [0, 0.1) is 0 Å². The van der Waals surface area contributed by atoms with Crippen LogP contribution in [-0.4, -0.2) is 22.0 Å². The third-order valence-corrected chi connectivity index (χ3v) is 4.35. The van der Waals surface area contributed by atoms with Gasteiger partial charge in [0.05, 0.1) is 5.52 Å². The first-order chi connectivity index (χ1) is 10.3. The second-order valence-electron chi connectivity index (χ2n) is 4.74. The van der Waals surface area contributed by atoms with Gasteiger partial charge in [-0.2, -0.15) is 0 Å². The van der Waals surface area contributed by atoms with Crippen LogP contribution in [-0.2, 0) is 0 Å². The van der Waals surface area contributed by atoms with Crippen molar-refractivity contribution in [3.63, 3.8) is 0 Å². The third-order valence-electron chi connectivity index (χ3n) is 3.40. The number of nitrogens with one attached hydrogen (secondary N) is 1. The molecule has 0 aliphatic carbocycles. The fraction of sp³-hybridized carbons (Fsp3) is 0.188. The zero-order valence-electron chi connectivity index (χ0n) is 11.9. The highest BCUT2D eigenvalue weighted by Gasteiger charge is 2.08. The summed E-state index contributed by atoms with van der Waals surface area (Å²) in [5.41, 5.74) is 2.17. The Kier molecular flexibility index (Phi) is 4.13. The van der Waals surface area contributed by atoms with E-state index in [0.29, 0.717) is 6.04 Å². The van der Waals surface area contributed by atoms with Crippen LogP contribution in [0.2, 0.25) is 0 Å². The summed E-state index contributed by atoms with van der Waals surface area (Å²) in [5, 5.41) is 6.17. The van der Waals surface area contributed by atoms with Crippen LogP contribution in [0.15, 0.2) is 59.0 Å². The minimum Gasteiger partial charge on any atom is -0.313 e. The molecule has 0 aliphatic rings. The fourth-order valence-corrected chi connectivity index (χ4v) is 2.97. The average molecular weight is 296 g/mol. The van der Waals surface area contributed by atoms with Crippen molar-refractivity contribution in [1.82, 2.24) is 20.3 Å². The van der Waals surface area contributed by atoms with Gasteiger partial charge in [0.25, 0.3) is 0 Å². The van der Waals surface area contributed by atoms with Gasteiger partial charge in [-0.15, -0.1) is 0 Å². The zero-order valence-corrected chi connectivity index (χ0v) is 12.8. The maximum atomic E-state index is 4.43. The molecular weight excluding hydrogens is 280 g/mol. The molecule has 0 saturated heterocycles. The fourth-order valence-electron chi connectivity index (χ4n) is 2.08. The number of hydrogen-bond donors (Lipinski definition) is 1. The SMILES string of the molecule is CNC(C)c1ccnc(Sc2ncnc3ccccc23)c1. The number of hydrogen-bond acceptors (Lipinski definition) is 5. The quantitative estimate of drug-likeness (QED) is 0.747. The van der Waals surface area contributed by atoms with Gasteiger partial charge in [-0.3, -0.25) is 0 Å². The summed E-state index contributed by atoms with van der Waals surface area (Å²) >= 11 is 1.57. The van der Waals surface area contributed by atoms with Crippen molar-refractivity contribution >= 4 is 22.7 Å². The first-order valence-electron chi connectivity index (χ1n) is 6.79. The Morgan fingerprint density at radius 1 is 1.10 bits per heavy atom. The number of rotatable bonds is 4. The summed E-state index contributed by atoms with van der Waals surface area (Å²) in [4.78, 5) is 13.1. The van der Waals surface area contributed by atoms with Crippen molar-refractivity contribution in [3.8, 4) is 0 Å². The third kappa shape index (κ3) is 3.04. The lowest BCUT2D eigenvalue weighted by Gasteiger charge is -2.11. The number of benzene rings is 1. The molecule has 0 aliphatic heterocycles. The maximum absolute atomic E-state index is 4.43. The second kappa shape index (κ2) is 6.20. The summed E-state index contributed by atoms with van der Waals surface area (Å²) in [6.45, 7) is 2.13. The topological polar surface area (TPSA) is 50.7 Å². The van der Waals surface area contributed by atoms with Crippen molar-refractivity contribution in [2.45, 2.75) is 23.0 Å². The molecule has 0 radical (unpaired) electrons. The standard InChI is InChI=1S/C16H16N4S/c1-11(17-2)12-7-8-18-15(9-12)21-16-13-5-3-4-6-14(13)19-10-20-16/h3-11,17H,1-2H3. The molecule has 4 nitrogen and oxygen atoms in total. The molecule has 0 spiro atoms. The maximum Gasteiger partial charge on any atom is 0.117 e. The highest BCUT2D eigenvalue weighted by atomic mass is 32.2. The zero-order chi connectivity index (χ0) is 14.7. The summed E-state index contributed by atoms with van der Waals surface area (Å²) in [6.07, 6.45) is 3.44. The highest BCUT2D eigenvalue weighted by molar-refractivity contribution is 7.99. The van der Waals surface area contributed by atoms with Gasteiger partial charge in [-0.05, 0) is 49.5 Å². The predicted octanol–water partition coefficient (Wildman–Crippen LogP) is 3.46. The molecule has 1 atom stereocenters. The normalized spacial score (nSPS) is 12.5. The van der Waals surface area contributed by atoms with Crippen molar-refractivity contribution in [2.24, 2.45) is 0 Å². The molecule has 3 aromatic rings. The molecule has 2 heterocycles. The molecule has 3 rings (SSSR count). The Balaban J connectivity index is 1.95. The molecular formula is C16H16N4S. The monoisotopic (exact) mass is 296 g/mol. The summed E-state index contributed by atoms with van der Waals surface area (Å²) in [6, 6.07) is 12.5. The lowest BCUT2D eigenvalue weighted by atomic mass is 10.1. The van der Waals surface area contributed by atoms with E-state index in [-0.39, 0.29) is 0 Å². The van der Waals surface area contributed by atoms with E-state index in [4.69, 9.17) is 0 Å². The van der Waals surface area contributed by atoms with E-state index in [1.807, 2.05) is 43.6 Å². The van der Waals surface area contributed by atoms with E-state index >= 15 is 0 Å². The Labute approximate surface area is 128 Å². The molecule has 0 bridgehead atoms. The average Bonchev–Trinajstić information content (AvgIpc) is 2.55. The van der Waals surface area contributed by atoms with Gasteiger partial charge < -0.3 is 5.32 Å². The van der Waals surface area contributed by atoms with Crippen molar-refractivity contribution < 1.29 is 0 Å². The predicted molar refractivity (Wildman–Crippen MR) is 85.4 cm³/mol. The summed E-state index contributed by atoms with van der Waals surface area (Å²) in [5.74, 6) is 0. The first-order valence-corrected chi connectivity index (χ1v) is 7.60. The van der Waals surface area contributed by atoms with Crippen LogP contribution in [0.3, 0.4) is 0 Å². The minimum atomic E-state index is 0.300. The molecule has 5 heteroatoms. The number of aromatic nitrogens is 3. The second-order valence-corrected chi connectivity index (χ2v) is 5.74. The number of fused-ring (bicyclic) bond motifs is 1. The lowest BCUT2D eigenvalue weighted by Crippen LogP contribution is -2.12. The van der Waals surface area contributed by atoms with Gasteiger partial charge in [0.15, 0.2) is 0 Å². The molecule has 1 N–H and O–H groups in total. The Morgan fingerprint density at radius 3 is 2.81 bits per heavy atom. The number of para-hydroxylation sites is 1. The van der Waals surface area contributed by atoms with Crippen LogP contribution < -0.4 is 5.32 Å². The molecule has 1 aromatic carbocycles. The molecule has 0 fully saturated rings. The van der Waals surface area contributed by atoms with E-state index in [9.17, 15) is 0 Å². The summed E-state index contributed by atoms with van der Waals surface area (Å²) in [7, 11) is 1.95. The molecule has 21 heavy (non-hydrogen) atoms. The van der Waals surface area contributed by atoms with Crippen LogP contribution in [0.25, 0.3) is 10.9 Å². The number of nitrogens with zero attached hydrogens (tertiary/aromatic N) is 3. The van der Waals surface area contributed by atoms with E-state index in [0.717, 1.165) is 21.0 Å². The van der Waals surface area contributed by atoms with Crippen LogP contribution in [0.1, 0.15) is 18.5 Å². The van der Waals surface area contributed by atoms with E-state index in [1.54, 1.807) is 18.1 Å². The van der Waals surface area contributed by atoms with Gasteiger partial charge in [-0.25, -0.2) is 15.0 Å². The summed E-state index contributed by atoms with van der Waals surface area (Å²) < 4.78 is 0.